The molecule has 3 N–H and O–H groups in total. The van der Waals surface area contributed by atoms with Crippen molar-refractivity contribution in [2.45, 2.75) is 6.92 Å². The Kier molecular flexibility index (Phi) is 5.66. The topological polar surface area (TPSA) is 86.1 Å². The molecule has 1 amide bonds. The summed E-state index contributed by atoms with van der Waals surface area (Å²) in [5.41, 5.74) is 7.26. The van der Waals surface area contributed by atoms with E-state index >= 15 is 0 Å². The number of hydrogen-bond acceptors (Lipinski definition) is 6. The number of nitrogen functional groups attached to an aromatic ring is 1. The van der Waals surface area contributed by atoms with Crippen molar-refractivity contribution in [2.24, 2.45) is 0 Å². The molecule has 0 spiro atoms. The minimum absolute atomic E-state index is 0.0215. The highest BCUT2D eigenvalue weighted by Gasteiger charge is 2.30. The van der Waals surface area contributed by atoms with Crippen molar-refractivity contribution >= 4 is 23.0 Å². The van der Waals surface area contributed by atoms with E-state index in [1.807, 2.05) is 6.92 Å². The second-order valence-corrected chi connectivity index (χ2v) is 5.86. The third-order valence-corrected chi connectivity index (χ3v) is 4.13. The van der Waals surface area contributed by atoms with Gasteiger partial charge in [0.25, 0.3) is 5.91 Å². The maximum atomic E-state index is 14.1. The van der Waals surface area contributed by atoms with Crippen molar-refractivity contribution in [3.8, 4) is 11.5 Å². The molecule has 7 nitrogen and oxygen atoms in total. The van der Waals surface area contributed by atoms with Crippen LogP contribution in [0.15, 0.2) is 30.3 Å². The van der Waals surface area contributed by atoms with Gasteiger partial charge in [-0.2, -0.15) is 0 Å². The molecule has 0 fully saturated rings. The number of ether oxygens (including phenoxy) is 3. The number of nitrogens with two attached hydrogens (primary N) is 1. The molecule has 0 aliphatic carbocycles. The lowest BCUT2D eigenvalue weighted by Gasteiger charge is -2.30. The van der Waals surface area contributed by atoms with Crippen LogP contribution in [-0.4, -0.2) is 39.5 Å². The minimum Gasteiger partial charge on any atom is -0.489 e. The van der Waals surface area contributed by atoms with Crippen molar-refractivity contribution in [2.75, 3.05) is 49.5 Å². The molecule has 0 unspecified atom stereocenters. The highest BCUT2D eigenvalue weighted by Crippen LogP contribution is 2.36. The Labute approximate surface area is 156 Å². The van der Waals surface area contributed by atoms with Gasteiger partial charge in [-0.25, -0.2) is 4.39 Å². The van der Waals surface area contributed by atoms with E-state index < -0.39 is 5.82 Å². The lowest BCUT2D eigenvalue weighted by atomic mass is 10.1. The number of nitrogens with zero attached hydrogens (tertiary/aromatic N) is 1. The first-order valence-electron chi connectivity index (χ1n) is 8.61. The molecular weight excluding hydrogens is 353 g/mol. The van der Waals surface area contributed by atoms with E-state index in [4.69, 9.17) is 19.9 Å². The lowest BCUT2D eigenvalue weighted by Crippen LogP contribution is -2.39. The Balaban J connectivity index is 1.89. The van der Waals surface area contributed by atoms with E-state index in [0.29, 0.717) is 42.7 Å². The van der Waals surface area contributed by atoms with Crippen molar-refractivity contribution in [3.63, 3.8) is 0 Å². The molecule has 1 heterocycles. The Morgan fingerprint density at radius 3 is 2.85 bits per heavy atom. The number of rotatable bonds is 7. The molecule has 3 rings (SSSR count). The smallest absolute Gasteiger partial charge is 0.265 e. The molecule has 0 atom stereocenters. The molecule has 0 aromatic heterocycles. The van der Waals surface area contributed by atoms with Gasteiger partial charge in [0.05, 0.1) is 23.5 Å². The van der Waals surface area contributed by atoms with E-state index in [0.717, 1.165) is 0 Å². The van der Waals surface area contributed by atoms with Crippen molar-refractivity contribution in [1.29, 1.82) is 0 Å². The van der Waals surface area contributed by atoms with Crippen LogP contribution in [0.2, 0.25) is 0 Å². The van der Waals surface area contributed by atoms with Gasteiger partial charge in [-0.05, 0) is 25.1 Å². The molecule has 0 radical (unpaired) electrons. The average molecular weight is 375 g/mol. The lowest BCUT2D eigenvalue weighted by molar-refractivity contribution is 0.0932. The summed E-state index contributed by atoms with van der Waals surface area (Å²) in [6.45, 7) is 3.18. The van der Waals surface area contributed by atoms with Gasteiger partial charge in [-0.15, -0.1) is 0 Å². The van der Waals surface area contributed by atoms with Gasteiger partial charge in [-0.3, -0.25) is 9.69 Å². The van der Waals surface area contributed by atoms with Gasteiger partial charge in [0, 0.05) is 31.5 Å². The van der Waals surface area contributed by atoms with E-state index in [9.17, 15) is 9.18 Å². The molecule has 0 bridgehead atoms. The number of hydrogen-bond donors (Lipinski definition) is 2. The highest BCUT2D eigenvalue weighted by molar-refractivity contribution is 6.09. The van der Waals surface area contributed by atoms with Gasteiger partial charge < -0.3 is 25.3 Å². The van der Waals surface area contributed by atoms with Crippen LogP contribution < -0.4 is 25.4 Å². The summed E-state index contributed by atoms with van der Waals surface area (Å²) in [7, 11) is 1.60. The number of nitrogens with one attached hydrogen (secondary N) is 1. The SMILES string of the molecule is CCOCCOc1cc(N)ccc1N1COc2cc(NC)c(F)cc2C1=O. The monoisotopic (exact) mass is 375 g/mol. The molecule has 8 heteroatoms. The first-order chi connectivity index (χ1) is 13.0. The van der Waals surface area contributed by atoms with Crippen LogP contribution >= 0.6 is 0 Å². The summed E-state index contributed by atoms with van der Waals surface area (Å²) in [5, 5.41) is 2.73. The second kappa shape index (κ2) is 8.13. The first-order valence-corrected chi connectivity index (χ1v) is 8.61. The third-order valence-electron chi connectivity index (χ3n) is 4.13. The average Bonchev–Trinajstić information content (AvgIpc) is 2.66. The van der Waals surface area contributed by atoms with Crippen LogP contribution in [0.25, 0.3) is 0 Å². The fourth-order valence-corrected chi connectivity index (χ4v) is 2.77. The fraction of sp³-hybridized carbons (Fsp3) is 0.316. The second-order valence-electron chi connectivity index (χ2n) is 5.86. The summed E-state index contributed by atoms with van der Waals surface area (Å²) in [4.78, 5) is 14.3. The van der Waals surface area contributed by atoms with E-state index in [1.165, 1.54) is 17.0 Å². The van der Waals surface area contributed by atoms with Crippen molar-refractivity contribution in [3.05, 3.63) is 41.7 Å². The Bertz CT molecular complexity index is 844. The van der Waals surface area contributed by atoms with Crippen LogP contribution in [0.3, 0.4) is 0 Å². The molecule has 144 valence electrons. The van der Waals surface area contributed by atoms with E-state index in [2.05, 4.69) is 5.32 Å². The van der Waals surface area contributed by atoms with Gasteiger partial charge in [0.15, 0.2) is 6.73 Å². The molecule has 2 aromatic rings. The highest BCUT2D eigenvalue weighted by atomic mass is 19.1. The van der Waals surface area contributed by atoms with Crippen LogP contribution in [0.5, 0.6) is 11.5 Å². The predicted molar refractivity (Wildman–Crippen MR) is 101 cm³/mol. The zero-order valence-corrected chi connectivity index (χ0v) is 15.3. The first kappa shape index (κ1) is 18.8. The summed E-state index contributed by atoms with van der Waals surface area (Å²) in [6, 6.07) is 7.62. The normalized spacial score (nSPS) is 13.1. The minimum atomic E-state index is -0.527. The molecule has 2 aromatic carbocycles. The molecular formula is C19H22FN3O4. The van der Waals surface area contributed by atoms with E-state index in [1.54, 1.807) is 25.2 Å². The summed E-state index contributed by atoms with van der Waals surface area (Å²) >= 11 is 0. The quantitative estimate of drug-likeness (QED) is 0.572. The predicted octanol–water partition coefficient (Wildman–Crippen LogP) is 2.86. The van der Waals surface area contributed by atoms with Crippen molar-refractivity contribution in [1.82, 2.24) is 0 Å². The zero-order valence-electron chi connectivity index (χ0n) is 15.3. The number of fused-ring (bicyclic) bond motifs is 1. The number of anilines is 3. The third kappa shape index (κ3) is 3.90. The summed E-state index contributed by atoms with van der Waals surface area (Å²) in [6.07, 6.45) is 0. The molecule has 1 aliphatic rings. The van der Waals surface area contributed by atoms with Gasteiger partial charge >= 0.3 is 0 Å². The van der Waals surface area contributed by atoms with Gasteiger partial charge in [0.1, 0.15) is 23.9 Å². The molecule has 0 saturated heterocycles. The maximum Gasteiger partial charge on any atom is 0.265 e. The van der Waals surface area contributed by atoms with Gasteiger partial charge in [-0.1, -0.05) is 0 Å². The number of amides is 1. The van der Waals surface area contributed by atoms with Crippen LogP contribution in [-0.2, 0) is 4.74 Å². The Hall–Kier alpha value is -3.00. The van der Waals surface area contributed by atoms with E-state index in [-0.39, 0.29) is 23.9 Å². The van der Waals surface area contributed by atoms with Gasteiger partial charge in [0.2, 0.25) is 0 Å². The molecule has 0 saturated carbocycles. The van der Waals surface area contributed by atoms with Crippen LogP contribution in [0.4, 0.5) is 21.5 Å². The number of halogens is 1. The number of carbonyl (C=O) groups is 1. The molecule has 1 aliphatic heterocycles. The Morgan fingerprint density at radius 2 is 2.11 bits per heavy atom. The van der Waals surface area contributed by atoms with Crippen LogP contribution in [0.1, 0.15) is 17.3 Å². The van der Waals surface area contributed by atoms with Crippen LogP contribution in [0, 0.1) is 5.82 Å². The zero-order chi connectivity index (χ0) is 19.4. The number of benzene rings is 2. The standard InChI is InChI=1S/C19H22FN3O4/c1-3-25-6-7-26-18-8-12(21)4-5-16(18)23-11-27-17-10-15(22-2)14(20)9-13(17)19(23)24/h4-5,8-10,22H,3,6-7,11,21H2,1-2H3. The summed E-state index contributed by atoms with van der Waals surface area (Å²) < 4.78 is 30.8. The largest absolute Gasteiger partial charge is 0.489 e. The molecule has 27 heavy (non-hydrogen) atoms. The summed E-state index contributed by atoms with van der Waals surface area (Å²) in [5.74, 6) is -0.142. The number of carbonyl (C=O) groups excluding carboxylic acids is 1. The van der Waals surface area contributed by atoms with Crippen molar-refractivity contribution < 1.29 is 23.4 Å². The maximum absolute atomic E-state index is 14.1. The Morgan fingerprint density at radius 1 is 1.30 bits per heavy atom. The fourth-order valence-electron chi connectivity index (χ4n) is 2.77.